The average Bonchev–Trinajstić information content (AvgIpc) is 3.36. The molecular formula is C22H21NO8S. The molecule has 2 aromatic rings. The summed E-state index contributed by atoms with van der Waals surface area (Å²) < 4.78 is 34.9. The molecule has 2 aliphatic rings. The minimum absolute atomic E-state index is 0.160. The smallest absolute Gasteiger partial charge is 0.376 e. The van der Waals surface area contributed by atoms with Gasteiger partial charge in [-0.25, -0.2) is 13.2 Å². The van der Waals surface area contributed by atoms with E-state index in [0.717, 1.165) is 6.26 Å². The Balaban J connectivity index is 1.69. The van der Waals surface area contributed by atoms with Gasteiger partial charge in [-0.3, -0.25) is 14.4 Å². The van der Waals surface area contributed by atoms with Crippen LogP contribution in [0.5, 0.6) is 0 Å². The Morgan fingerprint density at radius 2 is 1.62 bits per heavy atom. The number of hydroxylamine groups is 2. The minimum atomic E-state index is -3.80. The van der Waals surface area contributed by atoms with E-state index < -0.39 is 51.4 Å². The van der Waals surface area contributed by atoms with Crippen LogP contribution in [0.4, 0.5) is 0 Å². The maximum Gasteiger partial charge on any atom is 0.376 e. The minimum Gasteiger partial charge on any atom is -0.448 e. The van der Waals surface area contributed by atoms with Gasteiger partial charge in [-0.1, -0.05) is 60.7 Å². The van der Waals surface area contributed by atoms with Gasteiger partial charge in [0.1, 0.15) is 6.61 Å². The first kappa shape index (κ1) is 22.0. The third kappa shape index (κ3) is 3.98. The summed E-state index contributed by atoms with van der Waals surface area (Å²) in [5.41, 5.74) is -0.876. The molecule has 0 aromatic heterocycles. The monoisotopic (exact) mass is 459 g/mol. The Morgan fingerprint density at radius 3 is 2.06 bits per heavy atom. The van der Waals surface area contributed by atoms with E-state index in [-0.39, 0.29) is 12.8 Å². The van der Waals surface area contributed by atoms with Crippen LogP contribution in [0.3, 0.4) is 0 Å². The lowest BCUT2D eigenvalue weighted by molar-refractivity contribution is -0.260. The number of esters is 2. The van der Waals surface area contributed by atoms with Crippen LogP contribution in [-0.2, 0) is 38.5 Å². The van der Waals surface area contributed by atoms with Gasteiger partial charge in [0, 0.05) is 12.7 Å². The molecule has 2 atom stereocenters. The molecule has 0 saturated carbocycles. The highest BCUT2D eigenvalue weighted by Gasteiger charge is 2.61. The molecule has 2 fully saturated rings. The standard InChI is InChI=1S/C22H21NO8S/c1-32(27,28)17-14-29-23(20(17)25)22(13-12-18(24)31-22)21(26)30-19(15-8-4-2-5-9-15)16-10-6-3-7-11-16/h2-11,17,19H,12-14H2,1H3/t17-,22?/m0/s1. The predicted octanol–water partition coefficient (Wildman–Crippen LogP) is 1.54. The van der Waals surface area contributed by atoms with Crippen LogP contribution in [0.2, 0.25) is 0 Å². The topological polar surface area (TPSA) is 116 Å². The van der Waals surface area contributed by atoms with E-state index in [1.54, 1.807) is 48.5 Å². The number of hydrogen-bond acceptors (Lipinski definition) is 8. The molecule has 4 rings (SSSR count). The number of carbonyl (C=O) groups is 3. The van der Waals surface area contributed by atoms with Crippen molar-refractivity contribution < 1.29 is 37.1 Å². The molecule has 1 unspecified atom stereocenters. The molecule has 10 heteroatoms. The van der Waals surface area contributed by atoms with Crippen molar-refractivity contribution in [3.05, 3.63) is 71.8 Å². The Bertz CT molecular complexity index is 1100. The van der Waals surface area contributed by atoms with Crippen molar-refractivity contribution in [3.8, 4) is 0 Å². The first-order valence-corrected chi connectivity index (χ1v) is 11.9. The molecule has 32 heavy (non-hydrogen) atoms. The van der Waals surface area contributed by atoms with Crippen LogP contribution in [-0.4, -0.2) is 55.2 Å². The average molecular weight is 459 g/mol. The van der Waals surface area contributed by atoms with Crippen molar-refractivity contribution >= 4 is 27.7 Å². The Kier molecular flexibility index (Phi) is 5.74. The number of cyclic esters (lactones) is 1. The summed E-state index contributed by atoms with van der Waals surface area (Å²) >= 11 is 0. The summed E-state index contributed by atoms with van der Waals surface area (Å²) in [6.07, 6.45) is -0.338. The summed E-state index contributed by atoms with van der Waals surface area (Å²) in [6.45, 7) is -0.481. The fourth-order valence-electron chi connectivity index (χ4n) is 3.71. The largest absolute Gasteiger partial charge is 0.448 e. The molecule has 0 spiro atoms. The van der Waals surface area contributed by atoms with Crippen molar-refractivity contribution in [1.29, 1.82) is 0 Å². The van der Waals surface area contributed by atoms with Crippen molar-refractivity contribution in [2.75, 3.05) is 12.9 Å². The normalized spacial score (nSPS) is 23.4. The number of sulfone groups is 1. The first-order chi connectivity index (χ1) is 15.2. The summed E-state index contributed by atoms with van der Waals surface area (Å²) in [4.78, 5) is 43.5. The number of benzene rings is 2. The van der Waals surface area contributed by atoms with E-state index in [1.165, 1.54) is 0 Å². The highest BCUT2D eigenvalue weighted by atomic mass is 32.2. The lowest BCUT2D eigenvalue weighted by atomic mass is 10.0. The van der Waals surface area contributed by atoms with Crippen molar-refractivity contribution in [3.63, 3.8) is 0 Å². The van der Waals surface area contributed by atoms with E-state index in [4.69, 9.17) is 14.3 Å². The maximum atomic E-state index is 13.4. The van der Waals surface area contributed by atoms with Crippen molar-refractivity contribution in [2.45, 2.75) is 29.9 Å². The number of hydrogen-bond donors (Lipinski definition) is 0. The van der Waals surface area contributed by atoms with Gasteiger partial charge in [-0.15, -0.1) is 0 Å². The predicted molar refractivity (Wildman–Crippen MR) is 110 cm³/mol. The molecule has 1 amide bonds. The molecule has 2 heterocycles. The van der Waals surface area contributed by atoms with E-state index in [0.29, 0.717) is 16.2 Å². The summed E-state index contributed by atoms with van der Waals surface area (Å²) in [7, 11) is -3.80. The number of ether oxygens (including phenoxy) is 2. The second kappa shape index (κ2) is 8.36. The van der Waals surface area contributed by atoms with Crippen LogP contribution in [0.25, 0.3) is 0 Å². The molecule has 0 bridgehead atoms. The zero-order valence-electron chi connectivity index (χ0n) is 17.2. The summed E-state index contributed by atoms with van der Waals surface area (Å²) in [6, 6.07) is 17.9. The third-order valence-corrected chi connectivity index (χ3v) is 6.75. The fraction of sp³-hybridized carbons (Fsp3) is 0.318. The molecule has 168 valence electrons. The van der Waals surface area contributed by atoms with Crippen LogP contribution >= 0.6 is 0 Å². The number of carbonyl (C=O) groups excluding carboxylic acids is 3. The molecule has 0 N–H and O–H groups in total. The van der Waals surface area contributed by atoms with Crippen LogP contribution in [0, 0.1) is 0 Å². The quantitative estimate of drug-likeness (QED) is 0.598. The zero-order valence-corrected chi connectivity index (χ0v) is 18.0. The molecule has 2 saturated heterocycles. The van der Waals surface area contributed by atoms with Crippen molar-refractivity contribution in [1.82, 2.24) is 5.06 Å². The highest BCUT2D eigenvalue weighted by molar-refractivity contribution is 7.92. The lowest BCUT2D eigenvalue weighted by Gasteiger charge is -2.34. The third-order valence-electron chi connectivity index (χ3n) is 5.37. The molecule has 2 aliphatic heterocycles. The van der Waals surface area contributed by atoms with Gasteiger partial charge in [0.15, 0.2) is 21.2 Å². The Labute approximate surface area is 184 Å². The van der Waals surface area contributed by atoms with E-state index in [9.17, 15) is 22.8 Å². The fourth-order valence-corrected chi connectivity index (χ4v) is 4.48. The van der Waals surface area contributed by atoms with Gasteiger partial charge in [0.2, 0.25) is 0 Å². The van der Waals surface area contributed by atoms with Crippen LogP contribution in [0.1, 0.15) is 30.1 Å². The number of nitrogens with zero attached hydrogens (tertiary/aromatic N) is 1. The molecular weight excluding hydrogens is 438 g/mol. The molecule has 0 aliphatic carbocycles. The zero-order chi connectivity index (χ0) is 22.9. The Hall–Kier alpha value is -3.24. The maximum absolute atomic E-state index is 13.4. The second-order valence-corrected chi connectivity index (χ2v) is 9.84. The Morgan fingerprint density at radius 1 is 1.06 bits per heavy atom. The lowest BCUT2D eigenvalue weighted by Crippen LogP contribution is -2.56. The number of rotatable bonds is 6. The molecule has 0 radical (unpaired) electrons. The van der Waals surface area contributed by atoms with E-state index in [1.807, 2.05) is 12.1 Å². The SMILES string of the molecule is CS(=O)(=O)[C@H]1CON(C2(C(=O)OC(c3ccccc3)c3ccccc3)CCC(=O)O2)C1=O. The van der Waals surface area contributed by atoms with Crippen LogP contribution in [0.15, 0.2) is 60.7 Å². The van der Waals surface area contributed by atoms with Gasteiger partial charge in [-0.2, -0.15) is 5.06 Å². The van der Waals surface area contributed by atoms with Crippen LogP contribution < -0.4 is 0 Å². The van der Waals surface area contributed by atoms with Gasteiger partial charge < -0.3 is 9.47 Å². The number of amides is 1. The van der Waals surface area contributed by atoms with Gasteiger partial charge in [0.25, 0.3) is 5.91 Å². The van der Waals surface area contributed by atoms with E-state index in [2.05, 4.69) is 0 Å². The highest BCUT2D eigenvalue weighted by Crippen LogP contribution is 2.38. The summed E-state index contributed by atoms with van der Waals surface area (Å²) in [5.74, 6) is -2.73. The van der Waals surface area contributed by atoms with E-state index >= 15 is 0 Å². The van der Waals surface area contributed by atoms with Crippen molar-refractivity contribution in [2.24, 2.45) is 0 Å². The van der Waals surface area contributed by atoms with Gasteiger partial charge >= 0.3 is 17.7 Å². The van der Waals surface area contributed by atoms with Gasteiger partial charge in [0.05, 0.1) is 6.42 Å². The second-order valence-electron chi connectivity index (χ2n) is 7.61. The molecule has 9 nitrogen and oxygen atoms in total. The molecule has 2 aromatic carbocycles. The van der Waals surface area contributed by atoms with Gasteiger partial charge in [-0.05, 0) is 11.1 Å². The first-order valence-electron chi connectivity index (χ1n) is 9.91. The summed E-state index contributed by atoms with van der Waals surface area (Å²) in [5, 5.41) is -0.940.